The summed E-state index contributed by atoms with van der Waals surface area (Å²) >= 11 is 11.8. The third-order valence-electron chi connectivity index (χ3n) is 5.54. The van der Waals surface area contributed by atoms with Crippen molar-refractivity contribution >= 4 is 34.5 Å². The maximum atomic E-state index is 6.12. The molecule has 1 N–H and O–H groups in total. The van der Waals surface area contributed by atoms with Crippen LogP contribution in [0.1, 0.15) is 44.2 Å². The summed E-state index contributed by atoms with van der Waals surface area (Å²) in [5.41, 5.74) is 3.78. The van der Waals surface area contributed by atoms with E-state index in [9.17, 15) is 0 Å². The summed E-state index contributed by atoms with van der Waals surface area (Å²) in [7, 11) is 1.64. The van der Waals surface area contributed by atoms with Gasteiger partial charge in [-0.15, -0.1) is 0 Å². The second-order valence-corrected chi connectivity index (χ2v) is 8.41. The van der Waals surface area contributed by atoms with E-state index in [1.807, 2.05) is 48.5 Å². The van der Waals surface area contributed by atoms with Gasteiger partial charge in [0.05, 0.1) is 18.7 Å². The topological polar surface area (TPSA) is 63.4 Å². The molecule has 2 heterocycles. The Morgan fingerprint density at radius 3 is 2.53 bits per heavy atom. The molecule has 0 aliphatic carbocycles. The third-order valence-corrected chi connectivity index (χ3v) is 6.13. The minimum Gasteiger partial charge on any atom is -0.497 e. The van der Waals surface area contributed by atoms with Gasteiger partial charge in [-0.05, 0) is 67.5 Å². The van der Waals surface area contributed by atoms with Crippen LogP contribution in [0.4, 0.5) is 0 Å². The average molecular weight is 469 g/mol. The first-order valence-corrected chi connectivity index (χ1v) is 11.3. The van der Waals surface area contributed by atoms with Gasteiger partial charge in [-0.3, -0.25) is 0 Å². The molecule has 6 nitrogen and oxygen atoms in total. The Kier molecular flexibility index (Phi) is 6.77. The normalized spacial score (nSPS) is 16.3. The molecule has 0 spiro atoms. The maximum absolute atomic E-state index is 6.12. The number of benzene rings is 2. The quantitative estimate of drug-likeness (QED) is 0.435. The highest BCUT2D eigenvalue weighted by atomic mass is 35.5. The predicted octanol–water partition coefficient (Wildman–Crippen LogP) is 5.86. The molecule has 0 fully saturated rings. The Labute approximate surface area is 198 Å². The molecule has 1 aliphatic heterocycles. The first kappa shape index (κ1) is 22.3. The van der Waals surface area contributed by atoms with E-state index in [0.29, 0.717) is 21.9 Å². The van der Waals surface area contributed by atoms with Crippen molar-refractivity contribution in [3.63, 3.8) is 0 Å². The van der Waals surface area contributed by atoms with Gasteiger partial charge < -0.3 is 19.5 Å². The molecule has 0 saturated carbocycles. The Balaban J connectivity index is 1.76. The Morgan fingerprint density at radius 2 is 1.88 bits per heavy atom. The molecular weight excluding hydrogens is 444 g/mol. The Morgan fingerprint density at radius 1 is 1.16 bits per heavy atom. The zero-order valence-electron chi connectivity index (χ0n) is 18.3. The van der Waals surface area contributed by atoms with E-state index >= 15 is 0 Å². The number of hydrogen-bond donors (Lipinski definition) is 1. The molecule has 4 rings (SSSR count). The van der Waals surface area contributed by atoms with Gasteiger partial charge in [0.1, 0.15) is 5.75 Å². The van der Waals surface area contributed by atoms with Crippen molar-refractivity contribution in [2.24, 2.45) is 0 Å². The van der Waals surface area contributed by atoms with Crippen molar-refractivity contribution in [2.75, 3.05) is 13.7 Å². The summed E-state index contributed by atoms with van der Waals surface area (Å²) < 4.78 is 11.0. The van der Waals surface area contributed by atoms with Gasteiger partial charge >= 0.3 is 0 Å². The molecule has 8 heteroatoms. The number of nitrogens with one attached hydrogen (secondary N) is 1. The van der Waals surface area contributed by atoms with Crippen LogP contribution in [0.15, 0.2) is 58.8 Å². The number of allylic oxidation sites excluding steroid dienone is 1. The first-order chi connectivity index (χ1) is 15.5. The van der Waals surface area contributed by atoms with Gasteiger partial charge in [-0.25, -0.2) is 0 Å². The number of ether oxygens (including phenoxy) is 1. The van der Waals surface area contributed by atoms with Crippen LogP contribution in [-0.2, 0) is 0 Å². The molecule has 1 unspecified atom stereocenters. The zero-order chi connectivity index (χ0) is 22.7. The minimum absolute atomic E-state index is 0.221. The molecule has 32 heavy (non-hydrogen) atoms. The number of rotatable bonds is 7. The van der Waals surface area contributed by atoms with E-state index in [0.717, 1.165) is 47.5 Å². The van der Waals surface area contributed by atoms with Crippen molar-refractivity contribution in [3.05, 3.63) is 70.7 Å². The van der Waals surface area contributed by atoms with Crippen LogP contribution < -0.4 is 10.1 Å². The van der Waals surface area contributed by atoms with Crippen molar-refractivity contribution in [1.82, 2.24) is 20.4 Å². The monoisotopic (exact) mass is 468 g/mol. The van der Waals surface area contributed by atoms with Crippen LogP contribution in [0.5, 0.6) is 5.75 Å². The van der Waals surface area contributed by atoms with Crippen molar-refractivity contribution in [1.29, 1.82) is 0 Å². The van der Waals surface area contributed by atoms with Crippen molar-refractivity contribution in [3.8, 4) is 17.1 Å². The summed E-state index contributed by atoms with van der Waals surface area (Å²) in [5, 5.41) is 9.07. The first-order valence-electron chi connectivity index (χ1n) is 10.5. The summed E-state index contributed by atoms with van der Waals surface area (Å²) in [5.74, 6) is 1.76. The van der Waals surface area contributed by atoms with Gasteiger partial charge in [0.15, 0.2) is 5.11 Å². The fourth-order valence-electron chi connectivity index (χ4n) is 3.74. The highest BCUT2D eigenvalue weighted by Gasteiger charge is 2.33. The maximum Gasteiger partial charge on any atom is 0.258 e. The molecule has 1 atom stereocenters. The van der Waals surface area contributed by atoms with Gasteiger partial charge in [-0.2, -0.15) is 4.98 Å². The zero-order valence-corrected chi connectivity index (χ0v) is 19.8. The summed E-state index contributed by atoms with van der Waals surface area (Å²) in [4.78, 5) is 6.84. The van der Waals surface area contributed by atoms with E-state index < -0.39 is 0 Å². The standard InChI is InChI=1S/C24H25ClN4O2S/c1-4-5-14-29-15(2)20(21(26-24(29)32)16-6-10-18(25)11-7-16)23-27-22(28-31-23)17-8-12-19(30-3)13-9-17/h6-13,21H,4-5,14H2,1-3H3,(H,26,32). The van der Waals surface area contributed by atoms with Crippen LogP contribution in [-0.4, -0.2) is 33.8 Å². The van der Waals surface area contributed by atoms with Gasteiger partial charge in [-0.1, -0.05) is 42.2 Å². The number of thiocarbonyl (C=S) groups is 1. The average Bonchev–Trinajstić information content (AvgIpc) is 3.29. The predicted molar refractivity (Wildman–Crippen MR) is 130 cm³/mol. The fraction of sp³-hybridized carbons (Fsp3) is 0.292. The number of nitrogens with zero attached hydrogens (tertiary/aromatic N) is 3. The summed E-state index contributed by atoms with van der Waals surface area (Å²) in [6.07, 6.45) is 2.10. The lowest BCUT2D eigenvalue weighted by molar-refractivity contribution is 0.395. The van der Waals surface area contributed by atoms with E-state index in [4.69, 9.17) is 38.1 Å². The van der Waals surface area contributed by atoms with Crippen LogP contribution in [0.25, 0.3) is 17.0 Å². The lowest BCUT2D eigenvalue weighted by Crippen LogP contribution is -2.46. The highest BCUT2D eigenvalue weighted by molar-refractivity contribution is 7.80. The lowest BCUT2D eigenvalue weighted by atomic mass is 9.94. The van der Waals surface area contributed by atoms with E-state index in [1.165, 1.54) is 0 Å². The molecular formula is C24H25ClN4O2S. The number of halogens is 1. The number of hydrogen-bond acceptors (Lipinski definition) is 5. The Hall–Kier alpha value is -2.90. The molecule has 1 aromatic heterocycles. The number of aromatic nitrogens is 2. The second-order valence-electron chi connectivity index (χ2n) is 7.59. The van der Waals surface area contributed by atoms with Crippen LogP contribution >= 0.6 is 23.8 Å². The molecule has 0 bridgehead atoms. The molecule has 0 radical (unpaired) electrons. The van der Waals surface area contributed by atoms with E-state index in [1.54, 1.807) is 7.11 Å². The van der Waals surface area contributed by atoms with E-state index in [2.05, 4.69) is 29.2 Å². The number of methoxy groups -OCH3 is 1. The minimum atomic E-state index is -0.221. The molecule has 0 amide bonds. The second kappa shape index (κ2) is 9.71. The smallest absolute Gasteiger partial charge is 0.258 e. The highest BCUT2D eigenvalue weighted by Crippen LogP contribution is 2.37. The van der Waals surface area contributed by atoms with Gasteiger partial charge in [0, 0.05) is 22.8 Å². The van der Waals surface area contributed by atoms with Crippen LogP contribution in [0.3, 0.4) is 0 Å². The van der Waals surface area contributed by atoms with E-state index in [-0.39, 0.29) is 6.04 Å². The third kappa shape index (κ3) is 4.49. The molecule has 1 aliphatic rings. The van der Waals surface area contributed by atoms with Gasteiger partial charge in [0.25, 0.3) is 5.89 Å². The SMILES string of the molecule is CCCCN1C(=S)NC(c2ccc(Cl)cc2)C(c2nc(-c3ccc(OC)cc3)no2)=C1C. The van der Waals surface area contributed by atoms with Crippen molar-refractivity contribution in [2.45, 2.75) is 32.7 Å². The van der Waals surface area contributed by atoms with Crippen LogP contribution in [0, 0.1) is 0 Å². The molecule has 166 valence electrons. The summed E-state index contributed by atoms with van der Waals surface area (Å²) in [6.45, 7) is 5.04. The largest absolute Gasteiger partial charge is 0.497 e. The number of unbranched alkanes of at least 4 members (excludes halogenated alkanes) is 1. The Bertz CT molecular complexity index is 1130. The molecule has 0 saturated heterocycles. The van der Waals surface area contributed by atoms with Gasteiger partial charge in [0.2, 0.25) is 5.82 Å². The molecule has 3 aromatic rings. The fourth-order valence-corrected chi connectivity index (χ4v) is 4.21. The van der Waals surface area contributed by atoms with Crippen LogP contribution in [0.2, 0.25) is 5.02 Å². The van der Waals surface area contributed by atoms with Crippen molar-refractivity contribution < 1.29 is 9.26 Å². The summed E-state index contributed by atoms with van der Waals surface area (Å²) in [6, 6.07) is 15.1. The molecule has 2 aromatic carbocycles. The lowest BCUT2D eigenvalue weighted by Gasteiger charge is -2.37.